The fourth-order valence-electron chi connectivity index (χ4n) is 6.74. The van der Waals surface area contributed by atoms with Gasteiger partial charge in [-0.25, -0.2) is 19.6 Å². The maximum Gasteiger partial charge on any atom is 0.405 e. The molecule has 0 saturated heterocycles. The van der Waals surface area contributed by atoms with Crippen LogP contribution in [0.15, 0.2) is 159 Å². The average molecular weight is 937 g/mol. The van der Waals surface area contributed by atoms with Crippen molar-refractivity contribution in [2.24, 2.45) is 0 Å². The van der Waals surface area contributed by atoms with Crippen LogP contribution in [0.2, 0.25) is 0 Å². The second-order valence-electron chi connectivity index (χ2n) is 14.4. The lowest BCUT2D eigenvalue weighted by Crippen LogP contribution is -2.36. The first kappa shape index (κ1) is 50.4. The molecule has 19 heteroatoms. The molecule has 0 fully saturated rings. The fraction of sp³-hybridized carbons (Fsp3) is 0.122. The Morgan fingerprint density at radius 3 is 1.50 bits per heavy atom. The van der Waals surface area contributed by atoms with Gasteiger partial charge in [-0.15, -0.1) is 0 Å². The molecule has 0 aliphatic rings. The molecular weight excluding hydrogens is 891 g/mol. The number of nitrogens with zero attached hydrogens (tertiary/aromatic N) is 4. The molecular formula is C49H46F6N10O3. The summed E-state index contributed by atoms with van der Waals surface area (Å²) in [4.78, 5) is 44.2. The summed E-state index contributed by atoms with van der Waals surface area (Å²) in [6.45, 7) is 0.650. The number of pyridine rings is 2. The molecule has 0 atom stereocenters. The number of aromatic nitrogens is 4. The summed E-state index contributed by atoms with van der Waals surface area (Å²) in [7, 11) is 0. The van der Waals surface area contributed by atoms with E-state index in [0.717, 1.165) is 39.2 Å². The highest BCUT2D eigenvalue weighted by Crippen LogP contribution is 2.32. The average Bonchev–Trinajstić information content (AvgIpc) is 3.92. The Bertz CT molecular complexity index is 3070. The summed E-state index contributed by atoms with van der Waals surface area (Å²) in [6.07, 6.45) is -0.719. The van der Waals surface area contributed by atoms with Gasteiger partial charge in [-0.1, -0.05) is 82.1 Å². The van der Waals surface area contributed by atoms with Crippen molar-refractivity contribution < 1.29 is 40.7 Å². The molecule has 0 unspecified atom stereocenters. The van der Waals surface area contributed by atoms with Crippen LogP contribution in [-0.2, 0) is 4.79 Å². The highest BCUT2D eigenvalue weighted by Gasteiger charge is 2.28. The van der Waals surface area contributed by atoms with Gasteiger partial charge in [0.1, 0.15) is 24.4 Å². The smallest absolute Gasteiger partial charge is 0.398 e. The third kappa shape index (κ3) is 12.8. The van der Waals surface area contributed by atoms with Crippen LogP contribution in [-0.4, -0.2) is 62.2 Å². The number of urea groups is 2. The zero-order valence-electron chi connectivity index (χ0n) is 34.4. The van der Waals surface area contributed by atoms with Crippen LogP contribution in [0.3, 0.4) is 0 Å². The molecule has 0 radical (unpaired) electrons. The van der Waals surface area contributed by atoms with E-state index in [1.807, 2.05) is 94.0 Å². The van der Waals surface area contributed by atoms with Gasteiger partial charge in [0.05, 0.1) is 23.8 Å². The van der Waals surface area contributed by atoms with Crippen LogP contribution >= 0.6 is 0 Å². The van der Waals surface area contributed by atoms with Gasteiger partial charge in [-0.2, -0.15) is 26.3 Å². The number of carbonyl (C=O) groups excluding carboxylic acids is 3. The molecule has 7 N–H and O–H groups in total. The molecule has 0 bridgehead atoms. The first-order valence-corrected chi connectivity index (χ1v) is 19.8. The lowest BCUT2D eigenvalue weighted by molar-refractivity contribution is -0.123. The Morgan fingerprint density at radius 1 is 0.574 bits per heavy atom. The van der Waals surface area contributed by atoms with Gasteiger partial charge in [0.25, 0.3) is 0 Å². The topological polar surface area (TPSA) is 172 Å². The molecule has 4 aromatic carbocycles. The van der Waals surface area contributed by atoms with Crippen molar-refractivity contribution in [2.45, 2.75) is 27.2 Å². The van der Waals surface area contributed by atoms with Crippen molar-refractivity contribution in [1.29, 1.82) is 0 Å². The molecule has 8 rings (SSSR count). The van der Waals surface area contributed by atoms with Crippen molar-refractivity contribution in [3.8, 4) is 44.8 Å². The number of nitrogens with two attached hydrogens (primary N) is 1. The fourth-order valence-corrected chi connectivity index (χ4v) is 6.74. The van der Waals surface area contributed by atoms with Gasteiger partial charge < -0.3 is 32.3 Å². The maximum absolute atomic E-state index is 12.3. The summed E-state index contributed by atoms with van der Waals surface area (Å²) in [5, 5.41) is 11.2. The zero-order valence-corrected chi connectivity index (χ0v) is 34.4. The number of imidazole rings is 2. The summed E-state index contributed by atoms with van der Waals surface area (Å²) in [5.41, 5.74) is 15.8. The number of halogens is 6. The number of amides is 5. The molecule has 68 heavy (non-hydrogen) atoms. The monoisotopic (exact) mass is 936 g/mol. The number of hydrogen-bond acceptors (Lipinski definition) is 6. The highest BCUT2D eigenvalue weighted by atomic mass is 19.4. The van der Waals surface area contributed by atoms with Crippen LogP contribution in [0.5, 0.6) is 0 Å². The standard InChI is InChI=1S/C25H20F3N5O2.C22H18F3N5O.2CH4/c1-2-23(34)32-20-9-4-3-8-19(20)16-10-11-33-21(14-29-22(33)13-16)17-6-5-7-18(12-17)31-24(35)30-15-25(26,27)28;23-22(24,25)13-28-21(31)29-16-5-3-4-15(10-16)19-12-27-20-11-14(8-9-30(19)20)17-6-1-2-7-18(17)26;;/h2-14H,1,15H2,(H,32,34)(H2,30,31,35);1-12H,13,26H2,(H2,28,29,31);2*1H4. The summed E-state index contributed by atoms with van der Waals surface area (Å²) in [5.74, 6) is -0.317. The Kier molecular flexibility index (Phi) is 16.0. The minimum atomic E-state index is -4.49. The zero-order chi connectivity index (χ0) is 47.0. The second kappa shape index (κ2) is 21.6. The minimum Gasteiger partial charge on any atom is -0.398 e. The number of anilines is 4. The quantitative estimate of drug-likeness (QED) is 0.0452. The van der Waals surface area contributed by atoms with E-state index in [1.165, 1.54) is 6.08 Å². The minimum absolute atomic E-state index is 0. The van der Waals surface area contributed by atoms with Crippen molar-refractivity contribution in [1.82, 2.24) is 29.4 Å². The van der Waals surface area contributed by atoms with Gasteiger partial charge >= 0.3 is 24.4 Å². The third-order valence-corrected chi connectivity index (χ3v) is 9.71. The molecule has 8 aromatic rings. The van der Waals surface area contributed by atoms with Crippen molar-refractivity contribution in [3.05, 3.63) is 159 Å². The van der Waals surface area contributed by atoms with Crippen LogP contribution in [0.25, 0.3) is 56.1 Å². The maximum atomic E-state index is 12.3. The SMILES string of the molecule is C.C.C=CC(=O)Nc1ccccc1-c1ccn2c(-c3cccc(NC(=O)NCC(F)(F)F)c3)cnc2c1.Nc1ccccc1-c1ccn2c(-c3cccc(NC(=O)NCC(F)(F)F)c3)cnc2c1. The van der Waals surface area contributed by atoms with E-state index in [4.69, 9.17) is 5.73 Å². The predicted octanol–water partition coefficient (Wildman–Crippen LogP) is 11.7. The third-order valence-electron chi connectivity index (χ3n) is 9.71. The number of fused-ring (bicyclic) bond motifs is 2. The number of benzene rings is 4. The van der Waals surface area contributed by atoms with E-state index in [2.05, 4.69) is 32.5 Å². The van der Waals surface area contributed by atoms with E-state index in [-0.39, 0.29) is 20.8 Å². The molecule has 0 aliphatic carbocycles. The van der Waals surface area contributed by atoms with Gasteiger partial charge in [0.2, 0.25) is 5.91 Å². The Balaban J connectivity index is 0.000000248. The number of nitrogens with one attached hydrogen (secondary N) is 5. The Labute approximate surface area is 386 Å². The molecule has 0 saturated carbocycles. The lowest BCUT2D eigenvalue weighted by Gasteiger charge is -2.12. The molecule has 5 amide bonds. The molecule has 4 heterocycles. The van der Waals surface area contributed by atoms with E-state index in [9.17, 15) is 40.7 Å². The highest BCUT2D eigenvalue weighted by molar-refractivity contribution is 6.02. The summed E-state index contributed by atoms with van der Waals surface area (Å²) in [6, 6.07) is 34.1. The first-order valence-electron chi connectivity index (χ1n) is 19.8. The predicted molar refractivity (Wildman–Crippen MR) is 255 cm³/mol. The summed E-state index contributed by atoms with van der Waals surface area (Å²) < 4.78 is 77.4. The Hall–Kier alpha value is -8.61. The van der Waals surface area contributed by atoms with Crippen LogP contribution in [0.4, 0.5) is 58.7 Å². The van der Waals surface area contributed by atoms with Gasteiger partial charge in [0, 0.05) is 57.4 Å². The molecule has 352 valence electrons. The van der Waals surface area contributed by atoms with Crippen molar-refractivity contribution in [3.63, 3.8) is 0 Å². The molecule has 0 spiro atoms. The largest absolute Gasteiger partial charge is 0.405 e. The van der Waals surface area contributed by atoms with Gasteiger partial charge in [0.15, 0.2) is 0 Å². The summed E-state index contributed by atoms with van der Waals surface area (Å²) >= 11 is 0. The lowest BCUT2D eigenvalue weighted by atomic mass is 10.0. The van der Waals surface area contributed by atoms with Crippen LogP contribution in [0.1, 0.15) is 14.9 Å². The van der Waals surface area contributed by atoms with Crippen molar-refractivity contribution >= 4 is 52.0 Å². The molecule has 4 aromatic heterocycles. The number of para-hydroxylation sites is 2. The van der Waals surface area contributed by atoms with E-state index < -0.39 is 37.5 Å². The first-order chi connectivity index (χ1) is 31.5. The number of carbonyl (C=O) groups is 3. The van der Waals surface area contributed by atoms with Gasteiger partial charge in [-0.3, -0.25) is 13.6 Å². The van der Waals surface area contributed by atoms with Gasteiger partial charge in [-0.05, 0) is 77.9 Å². The normalized spacial score (nSPS) is 11.0. The van der Waals surface area contributed by atoms with E-state index in [0.29, 0.717) is 39.6 Å². The van der Waals surface area contributed by atoms with E-state index in [1.54, 1.807) is 71.6 Å². The van der Waals surface area contributed by atoms with Crippen molar-refractivity contribution in [2.75, 3.05) is 34.8 Å². The van der Waals surface area contributed by atoms with Crippen LogP contribution < -0.4 is 32.3 Å². The molecule has 0 aliphatic heterocycles. The Morgan fingerprint density at radius 2 is 1.03 bits per heavy atom. The number of nitrogen functional groups attached to an aromatic ring is 1. The number of alkyl halides is 6. The molecule has 13 nitrogen and oxygen atoms in total. The number of rotatable bonds is 10. The van der Waals surface area contributed by atoms with Crippen LogP contribution in [0, 0.1) is 0 Å². The second-order valence-corrected chi connectivity index (χ2v) is 14.4. The van der Waals surface area contributed by atoms with E-state index >= 15 is 0 Å². The number of hydrogen-bond donors (Lipinski definition) is 6.